The second-order valence-corrected chi connectivity index (χ2v) is 7.62. The highest BCUT2D eigenvalue weighted by Crippen LogP contribution is 2.25. The minimum absolute atomic E-state index is 0.410. The number of Topliss-reactive ketones (excluding diaryl/α,β-unsaturated/α-hetero) is 1. The number of H-pyrrole nitrogens is 1. The first-order chi connectivity index (χ1) is 14.1. The van der Waals surface area contributed by atoms with Crippen molar-refractivity contribution in [3.05, 3.63) is 77.6 Å². The summed E-state index contributed by atoms with van der Waals surface area (Å²) >= 11 is 1.57. The first-order valence-electron chi connectivity index (χ1n) is 9.06. The molecule has 0 aliphatic carbocycles. The highest BCUT2D eigenvalue weighted by atomic mass is 32.1. The maximum atomic E-state index is 12.8. The molecule has 0 aliphatic rings. The van der Waals surface area contributed by atoms with E-state index in [9.17, 15) is 9.59 Å². The number of aromatic amines is 1. The Morgan fingerprint density at radius 1 is 1.10 bits per heavy atom. The van der Waals surface area contributed by atoms with Crippen LogP contribution in [-0.2, 0) is 4.79 Å². The summed E-state index contributed by atoms with van der Waals surface area (Å²) in [5.74, 6) is -1.22. The van der Waals surface area contributed by atoms with Gasteiger partial charge in [0, 0.05) is 45.6 Å². The van der Waals surface area contributed by atoms with E-state index >= 15 is 0 Å². The normalized spacial score (nSPS) is 11.2. The van der Waals surface area contributed by atoms with Crippen molar-refractivity contribution in [2.24, 2.45) is 0 Å². The van der Waals surface area contributed by atoms with Crippen molar-refractivity contribution in [2.75, 3.05) is 5.32 Å². The number of nitrogens with zero attached hydrogens (tertiary/aromatic N) is 2. The Labute approximate surface area is 169 Å². The number of benzene rings is 2. The molecular formula is C22H16N4O2S. The molecule has 5 aromatic rings. The van der Waals surface area contributed by atoms with Gasteiger partial charge in [-0.1, -0.05) is 30.3 Å². The Kier molecular flexibility index (Phi) is 4.03. The lowest BCUT2D eigenvalue weighted by Gasteiger charge is -2.06. The number of anilines is 1. The van der Waals surface area contributed by atoms with Crippen LogP contribution in [0.5, 0.6) is 0 Å². The zero-order valence-electron chi connectivity index (χ0n) is 15.5. The third-order valence-corrected chi connectivity index (χ3v) is 5.63. The van der Waals surface area contributed by atoms with Gasteiger partial charge in [0.15, 0.2) is 4.96 Å². The number of fused-ring (bicyclic) bond motifs is 2. The molecule has 0 saturated carbocycles. The van der Waals surface area contributed by atoms with E-state index in [0.717, 1.165) is 27.1 Å². The molecule has 0 unspecified atom stereocenters. The zero-order valence-corrected chi connectivity index (χ0v) is 16.3. The third-order valence-electron chi connectivity index (χ3n) is 4.86. The van der Waals surface area contributed by atoms with E-state index < -0.39 is 11.7 Å². The molecule has 29 heavy (non-hydrogen) atoms. The lowest BCUT2D eigenvalue weighted by Crippen LogP contribution is -2.23. The summed E-state index contributed by atoms with van der Waals surface area (Å²) in [7, 11) is 0. The number of imidazole rings is 1. The Morgan fingerprint density at radius 3 is 2.69 bits per heavy atom. The van der Waals surface area contributed by atoms with Crippen molar-refractivity contribution in [1.29, 1.82) is 0 Å². The minimum atomic E-state index is -0.659. The minimum Gasteiger partial charge on any atom is -0.358 e. The molecule has 0 radical (unpaired) electrons. The number of carbonyl (C=O) groups is 2. The van der Waals surface area contributed by atoms with E-state index in [1.807, 2.05) is 58.6 Å². The predicted octanol–water partition coefficient (Wildman–Crippen LogP) is 4.67. The number of aryl methyl sites for hydroxylation is 1. The number of aromatic nitrogens is 3. The summed E-state index contributed by atoms with van der Waals surface area (Å²) in [5.41, 5.74) is 4.29. The highest BCUT2D eigenvalue weighted by molar-refractivity contribution is 7.15. The zero-order chi connectivity index (χ0) is 20.0. The summed E-state index contributed by atoms with van der Waals surface area (Å²) in [6.45, 7) is 1.80. The van der Waals surface area contributed by atoms with Crippen LogP contribution in [0.2, 0.25) is 0 Å². The molecule has 2 aromatic carbocycles. The quantitative estimate of drug-likeness (QED) is 0.340. The van der Waals surface area contributed by atoms with E-state index in [2.05, 4.69) is 15.3 Å². The Bertz CT molecular complexity index is 1350. The molecule has 0 saturated heterocycles. The van der Waals surface area contributed by atoms with Gasteiger partial charge in [0.2, 0.25) is 0 Å². The first-order valence-corrected chi connectivity index (χ1v) is 9.94. The Hall–Kier alpha value is -3.71. The van der Waals surface area contributed by atoms with E-state index in [1.165, 1.54) is 0 Å². The van der Waals surface area contributed by atoms with Gasteiger partial charge in [0.05, 0.1) is 11.3 Å². The van der Waals surface area contributed by atoms with Gasteiger partial charge in [0.1, 0.15) is 0 Å². The van der Waals surface area contributed by atoms with Gasteiger partial charge in [-0.25, -0.2) is 4.98 Å². The van der Waals surface area contributed by atoms with E-state index in [1.54, 1.807) is 30.4 Å². The number of thiazole rings is 1. The molecule has 3 aromatic heterocycles. The molecule has 5 rings (SSSR count). The van der Waals surface area contributed by atoms with Gasteiger partial charge in [-0.05, 0) is 25.1 Å². The molecule has 2 N–H and O–H groups in total. The van der Waals surface area contributed by atoms with E-state index in [0.29, 0.717) is 16.9 Å². The summed E-state index contributed by atoms with van der Waals surface area (Å²) in [4.78, 5) is 34.0. The van der Waals surface area contributed by atoms with E-state index in [4.69, 9.17) is 0 Å². The average molecular weight is 400 g/mol. The third kappa shape index (κ3) is 3.01. The number of nitrogens with one attached hydrogen (secondary N) is 2. The molecule has 0 bridgehead atoms. The van der Waals surface area contributed by atoms with Crippen LogP contribution in [0, 0.1) is 6.92 Å². The lowest BCUT2D eigenvalue weighted by atomic mass is 10.1. The fraction of sp³-hybridized carbons (Fsp3) is 0.0455. The van der Waals surface area contributed by atoms with Crippen LogP contribution in [0.1, 0.15) is 16.1 Å². The van der Waals surface area contributed by atoms with Crippen molar-refractivity contribution >= 4 is 44.6 Å². The van der Waals surface area contributed by atoms with Crippen LogP contribution in [0.15, 0.2) is 66.3 Å². The van der Waals surface area contributed by atoms with Gasteiger partial charge in [-0.2, -0.15) is 0 Å². The molecular weight excluding hydrogens is 384 g/mol. The Balaban J connectivity index is 1.37. The number of para-hydroxylation sites is 1. The second-order valence-electron chi connectivity index (χ2n) is 6.75. The molecule has 3 heterocycles. The molecule has 0 spiro atoms. The van der Waals surface area contributed by atoms with Gasteiger partial charge in [-0.15, -0.1) is 11.3 Å². The first kappa shape index (κ1) is 17.4. The van der Waals surface area contributed by atoms with Gasteiger partial charge in [-0.3, -0.25) is 14.0 Å². The highest BCUT2D eigenvalue weighted by Gasteiger charge is 2.22. The van der Waals surface area contributed by atoms with Crippen LogP contribution in [0.4, 0.5) is 5.69 Å². The molecule has 0 atom stereocenters. The van der Waals surface area contributed by atoms with Crippen LogP contribution in [0.3, 0.4) is 0 Å². The molecule has 142 valence electrons. The summed E-state index contributed by atoms with van der Waals surface area (Å²) in [6.07, 6.45) is 3.92. The lowest BCUT2D eigenvalue weighted by molar-refractivity contribution is -0.112. The summed E-state index contributed by atoms with van der Waals surface area (Å²) < 4.78 is 1.97. The largest absolute Gasteiger partial charge is 0.358 e. The van der Waals surface area contributed by atoms with Crippen molar-refractivity contribution in [1.82, 2.24) is 14.4 Å². The SMILES string of the molecule is Cc1[nH]c2ccccc2c1C(=O)C(=O)Nc1ccc(-c2cn3ccsc3n2)cc1. The maximum Gasteiger partial charge on any atom is 0.296 e. The molecule has 6 nitrogen and oxygen atoms in total. The number of ketones is 1. The molecule has 1 amide bonds. The predicted molar refractivity (Wildman–Crippen MR) is 115 cm³/mol. The van der Waals surface area contributed by atoms with Crippen molar-refractivity contribution in [3.63, 3.8) is 0 Å². The van der Waals surface area contributed by atoms with E-state index in [-0.39, 0.29) is 0 Å². The van der Waals surface area contributed by atoms with Crippen molar-refractivity contribution in [2.45, 2.75) is 6.92 Å². The smallest absolute Gasteiger partial charge is 0.296 e. The molecule has 0 aliphatic heterocycles. The molecule has 0 fully saturated rings. The number of hydrogen-bond acceptors (Lipinski definition) is 4. The Morgan fingerprint density at radius 2 is 1.90 bits per heavy atom. The number of amides is 1. The molecule has 7 heteroatoms. The van der Waals surface area contributed by atoms with Crippen LogP contribution in [0.25, 0.3) is 27.1 Å². The number of carbonyl (C=O) groups excluding carboxylic acids is 2. The van der Waals surface area contributed by atoms with Crippen molar-refractivity contribution in [3.8, 4) is 11.3 Å². The van der Waals surface area contributed by atoms with Crippen molar-refractivity contribution < 1.29 is 9.59 Å². The van der Waals surface area contributed by atoms with Gasteiger partial charge in [0.25, 0.3) is 11.7 Å². The second kappa shape index (κ2) is 6.72. The number of hydrogen-bond donors (Lipinski definition) is 2. The monoisotopic (exact) mass is 400 g/mol. The fourth-order valence-corrected chi connectivity index (χ4v) is 4.16. The van der Waals surface area contributed by atoms with Gasteiger partial charge >= 0.3 is 0 Å². The fourth-order valence-electron chi connectivity index (χ4n) is 3.46. The van der Waals surface area contributed by atoms with Crippen LogP contribution in [-0.4, -0.2) is 26.1 Å². The number of rotatable bonds is 4. The summed E-state index contributed by atoms with van der Waals surface area (Å²) in [6, 6.07) is 14.8. The summed E-state index contributed by atoms with van der Waals surface area (Å²) in [5, 5.41) is 5.43. The van der Waals surface area contributed by atoms with Crippen LogP contribution >= 0.6 is 11.3 Å². The average Bonchev–Trinajstić information content (AvgIpc) is 3.40. The standard InChI is InChI=1S/C22H16N4O2S/c1-13-19(16-4-2-3-5-17(16)23-13)20(27)21(28)24-15-8-6-14(7-9-15)18-12-26-10-11-29-22(26)25-18/h2-12,23H,1H3,(H,24,28). The maximum absolute atomic E-state index is 12.8. The van der Waals surface area contributed by atoms with Crippen LogP contribution < -0.4 is 5.32 Å². The van der Waals surface area contributed by atoms with Gasteiger partial charge < -0.3 is 10.3 Å². The topological polar surface area (TPSA) is 79.3 Å².